The Morgan fingerprint density at radius 1 is 0.737 bits per heavy atom. The first-order chi connectivity index (χ1) is 9.35. The van der Waals surface area contributed by atoms with Gasteiger partial charge in [-0.25, -0.2) is 0 Å². The number of hydrogen-bond donors (Lipinski definition) is 0. The molecule has 2 nitrogen and oxygen atoms in total. The molecule has 0 fully saturated rings. The van der Waals surface area contributed by atoms with E-state index in [1.54, 1.807) is 14.2 Å². The third kappa shape index (κ3) is 3.71. The first-order valence-electron chi connectivity index (χ1n) is 6.22. The first-order valence-corrected chi connectivity index (χ1v) is 7.48. The van der Waals surface area contributed by atoms with Crippen LogP contribution in [0.2, 0.25) is 0 Å². The van der Waals surface area contributed by atoms with Crippen molar-refractivity contribution in [1.29, 1.82) is 0 Å². The highest BCUT2D eigenvalue weighted by Crippen LogP contribution is 2.31. The summed E-state index contributed by atoms with van der Waals surface area (Å²) in [6.45, 7) is 0. The summed E-state index contributed by atoms with van der Waals surface area (Å²) in [5.41, 5.74) is 2.50. The first kappa shape index (κ1) is 13.9. The number of benzene rings is 2. The molecule has 0 amide bonds. The third-order valence-corrected chi connectivity index (χ3v) is 4.08. The van der Waals surface area contributed by atoms with Crippen LogP contribution in [0.4, 0.5) is 0 Å². The summed E-state index contributed by atoms with van der Waals surface area (Å²) in [5, 5.41) is 0. The molecule has 2 aromatic carbocycles. The van der Waals surface area contributed by atoms with Gasteiger partial charge in [0.2, 0.25) is 0 Å². The zero-order valence-electron chi connectivity index (χ0n) is 11.3. The van der Waals surface area contributed by atoms with Crippen molar-refractivity contribution in [3.63, 3.8) is 0 Å². The number of para-hydroxylation sites is 2. The van der Waals surface area contributed by atoms with Gasteiger partial charge in [0, 0.05) is 12.3 Å². The molecule has 2 aromatic rings. The van der Waals surface area contributed by atoms with Crippen LogP contribution in [0.25, 0.3) is 0 Å². The van der Waals surface area contributed by atoms with Crippen molar-refractivity contribution in [2.45, 2.75) is 12.3 Å². The molecule has 0 saturated carbocycles. The summed E-state index contributed by atoms with van der Waals surface area (Å²) in [7, 11) is 4.78. The quantitative estimate of drug-likeness (QED) is 0.728. The fourth-order valence-corrected chi connectivity index (χ4v) is 3.08. The Morgan fingerprint density at radius 3 is 1.58 bits per heavy atom. The molecule has 99 valence electrons. The van der Waals surface area contributed by atoms with Crippen molar-refractivity contribution in [3.8, 4) is 11.5 Å². The van der Waals surface area contributed by atoms with Gasteiger partial charge >= 0.3 is 0 Å². The Bertz CT molecular complexity index is 478. The van der Waals surface area contributed by atoms with Crippen LogP contribution in [0.15, 0.2) is 48.5 Å². The van der Waals surface area contributed by atoms with Crippen LogP contribution >= 0.6 is 8.58 Å². The lowest BCUT2D eigenvalue weighted by molar-refractivity contribution is 0.411. The molecule has 0 heterocycles. The Hall–Kier alpha value is -1.53. The average molecular weight is 273 g/mol. The van der Waals surface area contributed by atoms with Gasteiger partial charge in [-0.3, -0.25) is 0 Å². The minimum absolute atomic E-state index is 0.968. The molecule has 0 aliphatic carbocycles. The predicted molar refractivity (Wildman–Crippen MR) is 80.3 cm³/mol. The minimum atomic E-state index is 0.968. The summed E-state index contributed by atoms with van der Waals surface area (Å²) in [6, 6.07) is 16.4. The molecule has 0 aromatic heterocycles. The summed E-state index contributed by atoms with van der Waals surface area (Å²) in [4.78, 5) is 0. The van der Waals surface area contributed by atoms with Crippen molar-refractivity contribution >= 4 is 8.58 Å². The molecule has 0 bridgehead atoms. The van der Waals surface area contributed by atoms with Gasteiger partial charge in [-0.15, -0.1) is 0 Å². The second-order valence-electron chi connectivity index (χ2n) is 4.16. The van der Waals surface area contributed by atoms with E-state index < -0.39 is 0 Å². The lowest BCUT2D eigenvalue weighted by Crippen LogP contribution is -1.91. The normalized spacial score (nSPS) is 10.2. The van der Waals surface area contributed by atoms with E-state index in [0.29, 0.717) is 0 Å². The highest BCUT2D eigenvalue weighted by atomic mass is 31.1. The SMILES string of the molecule is COc1ccccc1C[P]Cc1ccccc1OC. The Balaban J connectivity index is 1.96. The molecule has 2 rings (SSSR count). The standard InChI is InChI=1S/C16H18O2P/c1-17-15-9-5-3-7-13(15)11-19-12-14-8-4-6-10-16(14)18-2/h3-10H,11-12H2,1-2H3. The zero-order chi connectivity index (χ0) is 13.5. The van der Waals surface area contributed by atoms with Gasteiger partial charge in [0.15, 0.2) is 0 Å². The molecule has 0 spiro atoms. The van der Waals surface area contributed by atoms with Crippen molar-refractivity contribution in [3.05, 3.63) is 59.7 Å². The van der Waals surface area contributed by atoms with E-state index in [2.05, 4.69) is 24.3 Å². The number of methoxy groups -OCH3 is 2. The van der Waals surface area contributed by atoms with Gasteiger partial charge in [0.25, 0.3) is 0 Å². The molecule has 1 radical (unpaired) electrons. The smallest absolute Gasteiger partial charge is 0.122 e. The van der Waals surface area contributed by atoms with Crippen molar-refractivity contribution in [2.75, 3.05) is 14.2 Å². The van der Waals surface area contributed by atoms with Crippen molar-refractivity contribution in [1.82, 2.24) is 0 Å². The van der Waals surface area contributed by atoms with E-state index in [1.165, 1.54) is 19.7 Å². The largest absolute Gasteiger partial charge is 0.496 e. The van der Waals surface area contributed by atoms with Crippen LogP contribution in [-0.4, -0.2) is 14.2 Å². The molecule has 3 heteroatoms. The van der Waals surface area contributed by atoms with Crippen LogP contribution in [0.3, 0.4) is 0 Å². The van der Waals surface area contributed by atoms with Crippen LogP contribution in [0.1, 0.15) is 11.1 Å². The molecular weight excluding hydrogens is 255 g/mol. The third-order valence-electron chi connectivity index (χ3n) is 2.95. The van der Waals surface area contributed by atoms with E-state index in [1.807, 2.05) is 24.3 Å². The monoisotopic (exact) mass is 273 g/mol. The molecule has 19 heavy (non-hydrogen) atoms. The Labute approximate surface area is 116 Å². The highest BCUT2D eigenvalue weighted by molar-refractivity contribution is 7.36. The molecule has 0 unspecified atom stereocenters. The fraction of sp³-hybridized carbons (Fsp3) is 0.250. The van der Waals surface area contributed by atoms with E-state index >= 15 is 0 Å². The lowest BCUT2D eigenvalue weighted by Gasteiger charge is -2.09. The van der Waals surface area contributed by atoms with Crippen LogP contribution in [0.5, 0.6) is 11.5 Å². The van der Waals surface area contributed by atoms with Gasteiger partial charge in [-0.2, -0.15) is 0 Å². The predicted octanol–water partition coefficient (Wildman–Crippen LogP) is 4.35. The van der Waals surface area contributed by atoms with E-state index in [9.17, 15) is 0 Å². The van der Waals surface area contributed by atoms with Crippen LogP contribution in [-0.2, 0) is 12.3 Å². The van der Waals surface area contributed by atoms with Crippen LogP contribution in [0, 0.1) is 0 Å². The highest BCUT2D eigenvalue weighted by Gasteiger charge is 2.04. The maximum Gasteiger partial charge on any atom is 0.122 e. The Morgan fingerprint density at radius 2 is 1.16 bits per heavy atom. The summed E-state index contributed by atoms with van der Waals surface area (Å²) >= 11 is 0. The fourth-order valence-electron chi connectivity index (χ4n) is 1.96. The van der Waals surface area contributed by atoms with Gasteiger partial charge in [0.05, 0.1) is 14.2 Å². The second kappa shape index (κ2) is 7.16. The lowest BCUT2D eigenvalue weighted by atomic mass is 10.2. The maximum absolute atomic E-state index is 5.36. The molecule has 0 aliphatic heterocycles. The molecule has 0 N–H and O–H groups in total. The summed E-state index contributed by atoms with van der Waals surface area (Å²) < 4.78 is 10.7. The summed E-state index contributed by atoms with van der Waals surface area (Å²) in [6.07, 6.45) is 1.98. The van der Waals surface area contributed by atoms with Gasteiger partial charge in [-0.1, -0.05) is 45.0 Å². The molecular formula is C16H18O2P. The number of rotatable bonds is 6. The average Bonchev–Trinajstić information content (AvgIpc) is 2.48. The summed E-state index contributed by atoms with van der Waals surface area (Å²) in [5.74, 6) is 1.94. The number of hydrogen-bond acceptors (Lipinski definition) is 2. The van der Waals surface area contributed by atoms with E-state index in [-0.39, 0.29) is 0 Å². The molecule has 0 aliphatic rings. The second-order valence-corrected chi connectivity index (χ2v) is 5.24. The van der Waals surface area contributed by atoms with Gasteiger partial charge in [-0.05, 0) is 23.3 Å². The minimum Gasteiger partial charge on any atom is -0.496 e. The Kier molecular flexibility index (Phi) is 5.23. The van der Waals surface area contributed by atoms with E-state index in [0.717, 1.165) is 23.8 Å². The molecule has 0 saturated heterocycles. The maximum atomic E-state index is 5.36. The van der Waals surface area contributed by atoms with Gasteiger partial charge in [0.1, 0.15) is 11.5 Å². The van der Waals surface area contributed by atoms with Gasteiger partial charge < -0.3 is 9.47 Å². The van der Waals surface area contributed by atoms with Crippen molar-refractivity contribution < 1.29 is 9.47 Å². The molecule has 0 atom stereocenters. The van der Waals surface area contributed by atoms with E-state index in [4.69, 9.17) is 9.47 Å². The zero-order valence-corrected chi connectivity index (χ0v) is 12.2. The topological polar surface area (TPSA) is 18.5 Å². The number of ether oxygens (including phenoxy) is 2. The van der Waals surface area contributed by atoms with Crippen LogP contribution < -0.4 is 9.47 Å². The van der Waals surface area contributed by atoms with Crippen molar-refractivity contribution in [2.24, 2.45) is 0 Å².